The Kier molecular flexibility index (Phi) is 8.42. The Morgan fingerprint density at radius 1 is 0.975 bits per heavy atom. The minimum atomic E-state index is -3.80. The Balaban J connectivity index is 1.32. The van der Waals surface area contributed by atoms with Crippen molar-refractivity contribution in [3.63, 3.8) is 0 Å². The van der Waals surface area contributed by atoms with Crippen LogP contribution in [0.1, 0.15) is 82.7 Å². The van der Waals surface area contributed by atoms with Crippen molar-refractivity contribution in [1.82, 2.24) is 0 Å². The molecule has 0 aliphatic carbocycles. The number of aliphatic hydroxyl groups excluding tert-OH is 1. The van der Waals surface area contributed by atoms with Crippen LogP contribution in [0.3, 0.4) is 0 Å². The predicted octanol–water partition coefficient (Wildman–Crippen LogP) is 6.56. The van der Waals surface area contributed by atoms with E-state index >= 15 is 0 Å². The van der Waals surface area contributed by atoms with E-state index in [1.807, 2.05) is 40.7 Å². The molecule has 9 heteroatoms. The molecule has 5 rings (SSSR count). The molecule has 2 fully saturated rings. The van der Waals surface area contributed by atoms with Crippen LogP contribution in [0.25, 0.3) is 0 Å². The van der Waals surface area contributed by atoms with E-state index in [9.17, 15) is 9.67 Å². The van der Waals surface area contributed by atoms with E-state index in [0.29, 0.717) is 26.1 Å². The molecule has 0 aromatic heterocycles. The fraction of sp³-hybridized carbons (Fsp3) is 0.613. The van der Waals surface area contributed by atoms with Crippen molar-refractivity contribution in [1.29, 1.82) is 0 Å². The van der Waals surface area contributed by atoms with Crippen molar-refractivity contribution < 1.29 is 37.5 Å². The van der Waals surface area contributed by atoms with Crippen molar-refractivity contribution >= 4 is 7.82 Å². The average Bonchev–Trinajstić information content (AvgIpc) is 2.87. The summed E-state index contributed by atoms with van der Waals surface area (Å²) in [6.45, 7) is 12.8. The second-order valence-corrected chi connectivity index (χ2v) is 14.0. The molecule has 3 heterocycles. The van der Waals surface area contributed by atoms with Gasteiger partial charge in [-0.25, -0.2) is 4.57 Å². The molecule has 0 amide bonds. The Morgan fingerprint density at radius 2 is 1.68 bits per heavy atom. The molecule has 0 bridgehead atoms. The molecule has 3 aliphatic rings. The van der Waals surface area contributed by atoms with Gasteiger partial charge in [0.2, 0.25) is 0 Å². The third-order valence-corrected chi connectivity index (χ3v) is 9.76. The number of hydrogen-bond donors (Lipinski definition) is 1. The fourth-order valence-electron chi connectivity index (χ4n) is 6.25. The van der Waals surface area contributed by atoms with Crippen molar-refractivity contribution in [2.45, 2.75) is 96.7 Å². The fourth-order valence-corrected chi connectivity index (χ4v) is 8.08. The van der Waals surface area contributed by atoms with E-state index in [0.717, 1.165) is 35.5 Å². The number of phosphoric acid groups is 1. The smallest absolute Gasteiger partial charge is 0.475 e. The quantitative estimate of drug-likeness (QED) is 0.372. The second kappa shape index (κ2) is 11.4. The molecule has 0 radical (unpaired) electrons. The first-order chi connectivity index (χ1) is 18.9. The van der Waals surface area contributed by atoms with Gasteiger partial charge in [0.25, 0.3) is 0 Å². The topological polar surface area (TPSA) is 92.7 Å². The summed E-state index contributed by atoms with van der Waals surface area (Å²) in [7, 11) is -3.80. The SMILES string of the molecule is CCc1ccc([C@@H]2O[C@H](COP3(=O)OC(C)(C)CC(C)(C)O3)C[C@H](O)C2C)cc1Cc1ccc2c(c1)OCCO2. The Labute approximate surface area is 237 Å². The average molecular weight is 575 g/mol. The monoisotopic (exact) mass is 574 g/mol. The zero-order valence-corrected chi connectivity index (χ0v) is 25.4. The highest BCUT2D eigenvalue weighted by Gasteiger charge is 2.49. The lowest BCUT2D eigenvalue weighted by atomic mass is 9.85. The van der Waals surface area contributed by atoms with Crippen LogP contribution in [-0.2, 0) is 35.7 Å². The van der Waals surface area contributed by atoms with Crippen molar-refractivity contribution in [3.8, 4) is 11.5 Å². The van der Waals surface area contributed by atoms with Gasteiger partial charge in [-0.15, -0.1) is 0 Å². The summed E-state index contributed by atoms with van der Waals surface area (Å²) >= 11 is 0. The first kappa shape index (κ1) is 29.6. The molecular formula is C31H43O8P. The minimum absolute atomic E-state index is 0.000809. The maximum absolute atomic E-state index is 13.4. The van der Waals surface area contributed by atoms with Crippen molar-refractivity contribution in [3.05, 3.63) is 58.7 Å². The van der Waals surface area contributed by atoms with Gasteiger partial charge in [0, 0.05) is 18.8 Å². The normalized spacial score (nSPS) is 28.7. The third kappa shape index (κ3) is 6.75. The number of aliphatic hydroxyl groups is 1. The number of hydrogen-bond acceptors (Lipinski definition) is 8. The van der Waals surface area contributed by atoms with Gasteiger partial charge in [0.05, 0.1) is 36.1 Å². The summed E-state index contributed by atoms with van der Waals surface area (Å²) in [5.41, 5.74) is 3.32. The molecule has 0 spiro atoms. The van der Waals surface area contributed by atoms with Crippen LogP contribution in [0.5, 0.6) is 11.5 Å². The largest absolute Gasteiger partial charge is 0.486 e. The zero-order chi connectivity index (χ0) is 28.7. The third-order valence-electron chi connectivity index (χ3n) is 7.86. The number of fused-ring (bicyclic) bond motifs is 1. The van der Waals surface area contributed by atoms with E-state index < -0.39 is 31.2 Å². The van der Waals surface area contributed by atoms with Crippen LogP contribution < -0.4 is 9.47 Å². The van der Waals surface area contributed by atoms with Gasteiger partial charge in [-0.2, -0.15) is 0 Å². The van der Waals surface area contributed by atoms with Crippen LogP contribution in [0.4, 0.5) is 0 Å². The molecule has 0 saturated carbocycles. The molecule has 8 nitrogen and oxygen atoms in total. The van der Waals surface area contributed by atoms with E-state index in [1.165, 1.54) is 11.1 Å². The highest BCUT2D eigenvalue weighted by molar-refractivity contribution is 7.48. The lowest BCUT2D eigenvalue weighted by Gasteiger charge is -2.44. The summed E-state index contributed by atoms with van der Waals surface area (Å²) in [6, 6.07) is 12.5. The van der Waals surface area contributed by atoms with Gasteiger partial charge in [0.1, 0.15) is 13.2 Å². The molecule has 4 atom stereocenters. The van der Waals surface area contributed by atoms with Gasteiger partial charge in [-0.05, 0) is 74.9 Å². The molecule has 40 heavy (non-hydrogen) atoms. The minimum Gasteiger partial charge on any atom is -0.486 e. The summed E-state index contributed by atoms with van der Waals surface area (Å²) < 4.78 is 48.6. The molecule has 1 N–H and O–H groups in total. The predicted molar refractivity (Wildman–Crippen MR) is 152 cm³/mol. The van der Waals surface area contributed by atoms with E-state index in [4.69, 9.17) is 27.8 Å². The standard InChI is InChI=1S/C31H43O8P/c1-7-22-9-10-23(16-24(22)14-21-8-11-27-28(15-21)35-13-12-34-27)29-20(2)26(32)17-25(37-29)18-36-40(33)38-30(3,4)19-31(5,6)39-40/h8-11,15-16,20,25-26,29,32H,7,12-14,17-19H2,1-6H3/t20?,25-,26-,29+/m0/s1. The van der Waals surface area contributed by atoms with Crippen molar-refractivity contribution in [2.75, 3.05) is 19.8 Å². The van der Waals surface area contributed by atoms with Gasteiger partial charge < -0.3 is 19.3 Å². The molecule has 2 saturated heterocycles. The highest BCUT2D eigenvalue weighted by atomic mass is 31.2. The van der Waals surface area contributed by atoms with Crippen LogP contribution in [0.2, 0.25) is 0 Å². The molecule has 220 valence electrons. The van der Waals surface area contributed by atoms with Gasteiger partial charge >= 0.3 is 7.82 Å². The molecule has 2 aromatic carbocycles. The first-order valence-electron chi connectivity index (χ1n) is 14.4. The summed E-state index contributed by atoms with van der Waals surface area (Å²) in [5, 5.41) is 11.0. The number of rotatable bonds is 7. The Bertz CT molecular complexity index is 1240. The Hall–Kier alpha value is -1.93. The number of phosphoric ester groups is 1. The molecule has 1 unspecified atom stereocenters. The van der Waals surface area contributed by atoms with E-state index in [1.54, 1.807) is 0 Å². The molecular weight excluding hydrogens is 531 g/mol. The number of ether oxygens (including phenoxy) is 3. The highest BCUT2D eigenvalue weighted by Crippen LogP contribution is 2.61. The van der Waals surface area contributed by atoms with E-state index in [-0.39, 0.29) is 18.6 Å². The Morgan fingerprint density at radius 3 is 2.38 bits per heavy atom. The van der Waals surface area contributed by atoms with Gasteiger partial charge in [-0.1, -0.05) is 38.1 Å². The van der Waals surface area contributed by atoms with Crippen LogP contribution in [-0.4, -0.2) is 48.3 Å². The lowest BCUT2D eigenvalue weighted by Crippen LogP contribution is -2.43. The number of benzene rings is 2. The summed E-state index contributed by atoms with van der Waals surface area (Å²) in [5.74, 6) is 1.44. The summed E-state index contributed by atoms with van der Waals surface area (Å²) in [6.07, 6.45) is 1.21. The number of aryl methyl sites for hydroxylation is 1. The van der Waals surface area contributed by atoms with Crippen LogP contribution in [0, 0.1) is 5.92 Å². The molecule has 2 aromatic rings. The van der Waals surface area contributed by atoms with Gasteiger partial charge in [-0.3, -0.25) is 13.6 Å². The van der Waals surface area contributed by atoms with Crippen LogP contribution >= 0.6 is 7.82 Å². The zero-order valence-electron chi connectivity index (χ0n) is 24.5. The van der Waals surface area contributed by atoms with E-state index in [2.05, 4.69) is 37.3 Å². The maximum atomic E-state index is 13.4. The maximum Gasteiger partial charge on any atom is 0.475 e. The first-order valence-corrected chi connectivity index (χ1v) is 15.8. The lowest BCUT2D eigenvalue weighted by molar-refractivity contribution is -0.151. The summed E-state index contributed by atoms with van der Waals surface area (Å²) in [4.78, 5) is 0. The van der Waals surface area contributed by atoms with Crippen LogP contribution in [0.15, 0.2) is 36.4 Å². The molecule has 3 aliphatic heterocycles. The van der Waals surface area contributed by atoms with Crippen molar-refractivity contribution in [2.24, 2.45) is 5.92 Å². The van der Waals surface area contributed by atoms with Gasteiger partial charge in [0.15, 0.2) is 11.5 Å². The second-order valence-electron chi connectivity index (χ2n) is 12.5.